The normalized spacial score (nSPS) is 20.4. The molecule has 0 saturated heterocycles. The molecule has 19 heavy (non-hydrogen) atoms. The van der Waals surface area contributed by atoms with Crippen molar-refractivity contribution in [2.24, 2.45) is 0 Å². The maximum Gasteiger partial charge on any atom is 0.136 e. The van der Waals surface area contributed by atoms with Gasteiger partial charge in [0.15, 0.2) is 0 Å². The zero-order valence-corrected chi connectivity index (χ0v) is 11.7. The van der Waals surface area contributed by atoms with Crippen LogP contribution >= 0.6 is 11.6 Å². The number of methoxy groups -OCH3 is 1. The summed E-state index contributed by atoms with van der Waals surface area (Å²) in [6.45, 7) is 0. The van der Waals surface area contributed by atoms with E-state index in [0.717, 1.165) is 31.2 Å². The molecule has 1 aliphatic heterocycles. The quantitative estimate of drug-likeness (QED) is 0.842. The Kier molecular flexibility index (Phi) is 3.09. The van der Waals surface area contributed by atoms with Crippen LogP contribution in [0, 0.1) is 0 Å². The summed E-state index contributed by atoms with van der Waals surface area (Å²) in [5, 5.41) is 10.4. The molecule has 1 saturated carbocycles. The molecule has 0 atom stereocenters. The van der Waals surface area contributed by atoms with Gasteiger partial charge in [0, 0.05) is 12.1 Å². The standard InChI is InChI=1S/C15H17ClO3/c1-18-12-7-10(17)8-13-14(12)11(16)9-15(19-13)5-3-2-4-6-15/h7-9,17H,2-6H2,1H3. The van der Waals surface area contributed by atoms with Gasteiger partial charge in [0.25, 0.3) is 0 Å². The van der Waals surface area contributed by atoms with Gasteiger partial charge in [0.1, 0.15) is 22.8 Å². The van der Waals surface area contributed by atoms with Gasteiger partial charge in [-0.3, -0.25) is 0 Å². The molecule has 3 nitrogen and oxygen atoms in total. The Morgan fingerprint density at radius 3 is 2.68 bits per heavy atom. The van der Waals surface area contributed by atoms with Crippen LogP contribution in [-0.2, 0) is 0 Å². The van der Waals surface area contributed by atoms with Crippen molar-refractivity contribution in [3.63, 3.8) is 0 Å². The number of phenols is 1. The van der Waals surface area contributed by atoms with E-state index in [2.05, 4.69) is 0 Å². The van der Waals surface area contributed by atoms with E-state index in [9.17, 15) is 5.11 Å². The molecule has 1 aromatic carbocycles. The molecule has 1 spiro atoms. The molecule has 0 bridgehead atoms. The summed E-state index contributed by atoms with van der Waals surface area (Å²) >= 11 is 6.43. The zero-order valence-electron chi connectivity index (χ0n) is 10.9. The molecule has 1 N–H and O–H groups in total. The number of phenolic OH excluding ortho intramolecular Hbond substituents is 1. The van der Waals surface area contributed by atoms with E-state index < -0.39 is 0 Å². The van der Waals surface area contributed by atoms with Crippen LogP contribution in [-0.4, -0.2) is 17.8 Å². The monoisotopic (exact) mass is 280 g/mol. The summed E-state index contributed by atoms with van der Waals surface area (Å²) in [6.07, 6.45) is 7.49. The number of hydrogen-bond acceptors (Lipinski definition) is 3. The lowest BCUT2D eigenvalue weighted by Crippen LogP contribution is -2.38. The third-order valence-corrected chi connectivity index (χ3v) is 4.21. The largest absolute Gasteiger partial charge is 0.508 e. The highest BCUT2D eigenvalue weighted by Crippen LogP contribution is 2.48. The summed E-state index contributed by atoms with van der Waals surface area (Å²) in [4.78, 5) is 0. The molecule has 0 unspecified atom stereocenters. The third-order valence-electron chi connectivity index (χ3n) is 3.91. The number of hydrogen-bond donors (Lipinski definition) is 1. The summed E-state index contributed by atoms with van der Waals surface area (Å²) in [7, 11) is 1.56. The van der Waals surface area contributed by atoms with Crippen LogP contribution in [0.5, 0.6) is 17.2 Å². The smallest absolute Gasteiger partial charge is 0.136 e. The van der Waals surface area contributed by atoms with Crippen LogP contribution in [0.3, 0.4) is 0 Å². The number of halogens is 1. The lowest BCUT2D eigenvalue weighted by atomic mass is 9.82. The van der Waals surface area contributed by atoms with E-state index in [1.54, 1.807) is 19.2 Å². The van der Waals surface area contributed by atoms with Crippen LogP contribution in [0.4, 0.5) is 0 Å². The zero-order chi connectivity index (χ0) is 13.5. The molecule has 0 amide bonds. The Labute approximate surface area is 117 Å². The second-order valence-electron chi connectivity index (χ2n) is 5.24. The highest BCUT2D eigenvalue weighted by molar-refractivity contribution is 6.49. The SMILES string of the molecule is COc1cc(O)cc2c1C(Cl)=CC1(CCCCC1)O2. The minimum absolute atomic E-state index is 0.132. The van der Waals surface area contributed by atoms with Crippen LogP contribution in [0.15, 0.2) is 18.2 Å². The van der Waals surface area contributed by atoms with Crippen LogP contribution < -0.4 is 9.47 Å². The summed E-state index contributed by atoms with van der Waals surface area (Å²) in [5.74, 6) is 1.29. The van der Waals surface area contributed by atoms with Crippen molar-refractivity contribution in [3.05, 3.63) is 23.8 Å². The summed E-state index contributed by atoms with van der Waals surface area (Å²) in [5.41, 5.74) is 0.430. The number of ether oxygens (including phenoxy) is 2. The lowest BCUT2D eigenvalue weighted by Gasteiger charge is -2.39. The van der Waals surface area contributed by atoms with Gasteiger partial charge in [-0.25, -0.2) is 0 Å². The lowest BCUT2D eigenvalue weighted by molar-refractivity contribution is 0.0743. The van der Waals surface area contributed by atoms with Gasteiger partial charge < -0.3 is 14.6 Å². The predicted molar refractivity (Wildman–Crippen MR) is 74.9 cm³/mol. The fourth-order valence-electron chi connectivity index (χ4n) is 3.00. The second kappa shape index (κ2) is 4.64. The average molecular weight is 281 g/mol. The topological polar surface area (TPSA) is 38.7 Å². The number of aromatic hydroxyl groups is 1. The van der Waals surface area contributed by atoms with Crippen LogP contribution in [0.2, 0.25) is 0 Å². The Morgan fingerprint density at radius 2 is 2.00 bits per heavy atom. The maximum atomic E-state index is 9.75. The van der Waals surface area contributed by atoms with E-state index >= 15 is 0 Å². The summed E-state index contributed by atoms with van der Waals surface area (Å²) < 4.78 is 11.4. The van der Waals surface area contributed by atoms with Gasteiger partial charge >= 0.3 is 0 Å². The van der Waals surface area contributed by atoms with Gasteiger partial charge in [-0.2, -0.15) is 0 Å². The molecule has 4 heteroatoms. The first-order valence-corrected chi connectivity index (χ1v) is 7.00. The van der Waals surface area contributed by atoms with Gasteiger partial charge in [-0.05, 0) is 31.8 Å². The van der Waals surface area contributed by atoms with Crippen molar-refractivity contribution in [2.75, 3.05) is 7.11 Å². The highest BCUT2D eigenvalue weighted by atomic mass is 35.5. The number of fused-ring (bicyclic) bond motifs is 1. The van der Waals surface area contributed by atoms with Crippen molar-refractivity contribution >= 4 is 16.6 Å². The van der Waals surface area contributed by atoms with Crippen molar-refractivity contribution < 1.29 is 14.6 Å². The summed E-state index contributed by atoms with van der Waals surface area (Å²) in [6, 6.07) is 3.17. The molecule has 1 fully saturated rings. The van der Waals surface area contributed by atoms with E-state index in [4.69, 9.17) is 21.1 Å². The average Bonchev–Trinajstić information content (AvgIpc) is 2.37. The molecule has 3 rings (SSSR count). The maximum absolute atomic E-state index is 9.75. The van der Waals surface area contributed by atoms with Crippen LogP contribution in [0.25, 0.3) is 5.03 Å². The van der Waals surface area contributed by atoms with E-state index in [0.29, 0.717) is 16.5 Å². The Hall–Kier alpha value is -1.35. The highest BCUT2D eigenvalue weighted by Gasteiger charge is 2.37. The molecular weight excluding hydrogens is 264 g/mol. The van der Waals surface area contributed by atoms with Crippen LogP contribution in [0.1, 0.15) is 37.7 Å². The Balaban J connectivity index is 2.08. The van der Waals surface area contributed by atoms with Crippen molar-refractivity contribution in [1.82, 2.24) is 0 Å². The third kappa shape index (κ3) is 2.16. The van der Waals surface area contributed by atoms with E-state index in [1.807, 2.05) is 6.08 Å². The van der Waals surface area contributed by atoms with Gasteiger partial charge in [-0.1, -0.05) is 18.0 Å². The molecule has 1 aromatic rings. The number of benzene rings is 1. The Bertz CT molecular complexity index is 530. The molecular formula is C15H17ClO3. The minimum atomic E-state index is -0.304. The molecule has 0 aromatic heterocycles. The van der Waals surface area contributed by atoms with Crippen molar-refractivity contribution in [1.29, 1.82) is 0 Å². The molecule has 0 radical (unpaired) electrons. The molecule has 1 heterocycles. The van der Waals surface area contributed by atoms with Crippen molar-refractivity contribution in [3.8, 4) is 17.2 Å². The van der Waals surface area contributed by atoms with Gasteiger partial charge in [-0.15, -0.1) is 0 Å². The van der Waals surface area contributed by atoms with Gasteiger partial charge in [0.05, 0.1) is 17.7 Å². The van der Waals surface area contributed by atoms with Crippen molar-refractivity contribution in [2.45, 2.75) is 37.7 Å². The second-order valence-corrected chi connectivity index (χ2v) is 5.65. The minimum Gasteiger partial charge on any atom is -0.508 e. The van der Waals surface area contributed by atoms with E-state index in [-0.39, 0.29) is 11.4 Å². The first-order valence-electron chi connectivity index (χ1n) is 6.62. The Morgan fingerprint density at radius 1 is 1.26 bits per heavy atom. The first kappa shape index (κ1) is 12.7. The fourth-order valence-corrected chi connectivity index (χ4v) is 3.39. The van der Waals surface area contributed by atoms with E-state index in [1.165, 1.54) is 6.42 Å². The first-order chi connectivity index (χ1) is 9.13. The molecule has 2 aliphatic rings. The molecule has 102 valence electrons. The predicted octanol–water partition coefficient (Wildman–Crippen LogP) is 4.08. The molecule has 1 aliphatic carbocycles. The fraction of sp³-hybridized carbons (Fsp3) is 0.467. The number of rotatable bonds is 1. The van der Waals surface area contributed by atoms with Gasteiger partial charge in [0.2, 0.25) is 0 Å².